The number of hydrogen-bond donors (Lipinski definition) is 2. The number of alkyl halides is 3. The van der Waals surface area contributed by atoms with Gasteiger partial charge in [0, 0.05) is 26.2 Å². The number of carbonyl (C=O) groups excluding carboxylic acids is 1. The molecule has 1 spiro atoms. The first kappa shape index (κ1) is 14.6. The zero-order valence-corrected chi connectivity index (χ0v) is 10.7. The Bertz CT molecular complexity index is 348. The van der Waals surface area contributed by atoms with Crippen LogP contribution in [0.15, 0.2) is 0 Å². The van der Waals surface area contributed by atoms with Crippen LogP contribution in [0.5, 0.6) is 0 Å². The van der Waals surface area contributed by atoms with Gasteiger partial charge in [-0.15, -0.1) is 0 Å². The Morgan fingerprint density at radius 3 is 2.84 bits per heavy atom. The van der Waals surface area contributed by atoms with E-state index < -0.39 is 24.1 Å². The van der Waals surface area contributed by atoms with Crippen molar-refractivity contribution in [2.75, 3.05) is 26.2 Å². The third-order valence-corrected chi connectivity index (χ3v) is 4.11. The van der Waals surface area contributed by atoms with Crippen molar-refractivity contribution in [3.63, 3.8) is 0 Å². The van der Waals surface area contributed by atoms with Gasteiger partial charge in [-0.1, -0.05) is 0 Å². The van der Waals surface area contributed by atoms with E-state index in [1.54, 1.807) is 4.90 Å². The topological polar surface area (TPSA) is 52.6 Å². The number of aliphatic hydroxyl groups is 1. The average Bonchev–Trinajstić information content (AvgIpc) is 2.33. The van der Waals surface area contributed by atoms with E-state index in [2.05, 4.69) is 5.32 Å². The average molecular weight is 280 g/mol. The molecule has 2 aliphatic heterocycles. The third kappa shape index (κ3) is 3.20. The molecule has 0 bridgehead atoms. The van der Waals surface area contributed by atoms with Crippen molar-refractivity contribution >= 4 is 5.91 Å². The first-order valence-corrected chi connectivity index (χ1v) is 6.59. The molecular weight excluding hydrogens is 261 g/mol. The lowest BCUT2D eigenvalue weighted by molar-refractivity contribution is -0.154. The van der Waals surface area contributed by atoms with Gasteiger partial charge in [-0.3, -0.25) is 4.79 Å². The summed E-state index contributed by atoms with van der Waals surface area (Å²) in [4.78, 5) is 13.7. The smallest absolute Gasteiger partial charge is 0.390 e. The second-order valence-corrected chi connectivity index (χ2v) is 5.46. The highest BCUT2D eigenvalue weighted by molar-refractivity contribution is 5.84. The van der Waals surface area contributed by atoms with Crippen molar-refractivity contribution in [2.24, 2.45) is 5.41 Å². The van der Waals surface area contributed by atoms with Gasteiger partial charge in [0.1, 0.15) is 0 Å². The molecule has 2 fully saturated rings. The van der Waals surface area contributed by atoms with Crippen LogP contribution in [-0.4, -0.2) is 54.4 Å². The number of hydrogen-bond acceptors (Lipinski definition) is 3. The zero-order chi connectivity index (χ0) is 14.1. The van der Waals surface area contributed by atoms with Gasteiger partial charge in [0.15, 0.2) is 0 Å². The van der Waals surface area contributed by atoms with E-state index >= 15 is 0 Å². The lowest BCUT2D eigenvalue weighted by Gasteiger charge is -2.47. The van der Waals surface area contributed by atoms with Crippen LogP contribution in [0.4, 0.5) is 13.2 Å². The summed E-state index contributed by atoms with van der Waals surface area (Å²) in [6.07, 6.45) is -4.15. The SMILES string of the molecule is O=C1NCCC[C@]12CN(CCC(F)(F)F)CC[C@H]2O. The van der Waals surface area contributed by atoms with E-state index in [-0.39, 0.29) is 19.0 Å². The van der Waals surface area contributed by atoms with E-state index in [9.17, 15) is 23.1 Å². The molecule has 0 saturated carbocycles. The van der Waals surface area contributed by atoms with Crippen LogP contribution < -0.4 is 5.32 Å². The molecule has 0 aliphatic carbocycles. The molecule has 7 heteroatoms. The van der Waals surface area contributed by atoms with Crippen molar-refractivity contribution in [1.29, 1.82) is 0 Å². The van der Waals surface area contributed by atoms with Gasteiger partial charge in [-0.2, -0.15) is 13.2 Å². The molecule has 2 atom stereocenters. The van der Waals surface area contributed by atoms with Gasteiger partial charge >= 0.3 is 6.18 Å². The summed E-state index contributed by atoms with van der Waals surface area (Å²) >= 11 is 0. The first-order chi connectivity index (χ1) is 8.83. The van der Waals surface area contributed by atoms with Crippen molar-refractivity contribution < 1.29 is 23.1 Å². The summed E-state index contributed by atoms with van der Waals surface area (Å²) in [6.45, 7) is 1.10. The predicted octanol–water partition coefficient (Wildman–Crippen LogP) is 0.902. The standard InChI is InChI=1S/C12H19F3N2O2/c13-12(14,15)4-7-17-6-2-9(18)11(8-17)3-1-5-16-10(11)19/h9,18H,1-8H2,(H,16,19)/t9-,11-/m1/s1. The van der Waals surface area contributed by atoms with Crippen LogP contribution in [0.1, 0.15) is 25.7 Å². The first-order valence-electron chi connectivity index (χ1n) is 6.59. The fourth-order valence-electron chi connectivity index (χ4n) is 3.00. The van der Waals surface area contributed by atoms with E-state index in [1.165, 1.54) is 0 Å². The van der Waals surface area contributed by atoms with Gasteiger partial charge in [0.25, 0.3) is 0 Å². The Kier molecular flexibility index (Phi) is 4.06. The maximum absolute atomic E-state index is 12.2. The second-order valence-electron chi connectivity index (χ2n) is 5.46. The van der Waals surface area contributed by atoms with Gasteiger partial charge in [0.05, 0.1) is 17.9 Å². The molecule has 110 valence electrons. The van der Waals surface area contributed by atoms with E-state index in [0.717, 1.165) is 6.42 Å². The monoisotopic (exact) mass is 280 g/mol. The number of halogens is 3. The summed E-state index contributed by atoms with van der Waals surface area (Å²) < 4.78 is 36.7. The minimum absolute atomic E-state index is 0.106. The minimum Gasteiger partial charge on any atom is -0.392 e. The molecule has 2 heterocycles. The number of rotatable bonds is 2. The number of nitrogens with one attached hydrogen (secondary N) is 1. The molecule has 0 aromatic carbocycles. The van der Waals surface area contributed by atoms with E-state index in [1.807, 2.05) is 0 Å². The third-order valence-electron chi connectivity index (χ3n) is 4.11. The largest absolute Gasteiger partial charge is 0.392 e. The highest BCUT2D eigenvalue weighted by Gasteiger charge is 2.49. The summed E-state index contributed by atoms with van der Waals surface area (Å²) in [7, 11) is 0. The number of amides is 1. The molecule has 0 aromatic rings. The van der Waals surface area contributed by atoms with Gasteiger partial charge in [0.2, 0.25) is 5.91 Å². The summed E-state index contributed by atoms with van der Waals surface area (Å²) in [5.41, 5.74) is -0.915. The van der Waals surface area contributed by atoms with Crippen LogP contribution in [0.25, 0.3) is 0 Å². The Balaban J connectivity index is 2.01. The molecule has 0 unspecified atom stereocenters. The Morgan fingerprint density at radius 1 is 1.47 bits per heavy atom. The molecule has 0 radical (unpaired) electrons. The van der Waals surface area contributed by atoms with Gasteiger partial charge < -0.3 is 15.3 Å². The second kappa shape index (κ2) is 5.28. The fourth-order valence-corrected chi connectivity index (χ4v) is 3.00. The van der Waals surface area contributed by atoms with Crippen LogP contribution in [0.2, 0.25) is 0 Å². The molecule has 19 heavy (non-hydrogen) atoms. The molecular formula is C12H19F3N2O2. The van der Waals surface area contributed by atoms with Gasteiger partial charge in [-0.25, -0.2) is 0 Å². The quantitative estimate of drug-likeness (QED) is 0.790. The van der Waals surface area contributed by atoms with Crippen LogP contribution in [0, 0.1) is 5.41 Å². The summed E-state index contributed by atoms with van der Waals surface area (Å²) in [6, 6.07) is 0. The lowest BCUT2D eigenvalue weighted by atomic mass is 9.71. The predicted molar refractivity (Wildman–Crippen MR) is 62.4 cm³/mol. The van der Waals surface area contributed by atoms with Crippen LogP contribution in [0.3, 0.4) is 0 Å². The molecule has 4 nitrogen and oxygen atoms in total. The van der Waals surface area contributed by atoms with Crippen LogP contribution in [-0.2, 0) is 4.79 Å². The van der Waals surface area contributed by atoms with Crippen molar-refractivity contribution in [3.8, 4) is 0 Å². The Labute approximate surface area is 110 Å². The maximum atomic E-state index is 12.2. The normalized spacial score (nSPS) is 33.5. The Morgan fingerprint density at radius 2 is 2.21 bits per heavy atom. The fraction of sp³-hybridized carbons (Fsp3) is 0.917. The number of nitrogens with zero attached hydrogens (tertiary/aromatic N) is 1. The molecule has 1 amide bonds. The molecule has 2 aliphatic rings. The highest BCUT2D eigenvalue weighted by atomic mass is 19.4. The van der Waals surface area contributed by atoms with Crippen LogP contribution >= 0.6 is 0 Å². The molecule has 2 N–H and O–H groups in total. The number of likely N-dealkylation sites (tertiary alicyclic amines) is 1. The molecule has 2 saturated heterocycles. The van der Waals surface area contributed by atoms with Gasteiger partial charge in [-0.05, 0) is 19.3 Å². The minimum atomic E-state index is -4.18. The number of piperidine rings is 2. The molecule has 0 aromatic heterocycles. The van der Waals surface area contributed by atoms with Crippen molar-refractivity contribution in [1.82, 2.24) is 10.2 Å². The van der Waals surface area contributed by atoms with Crippen molar-refractivity contribution in [3.05, 3.63) is 0 Å². The maximum Gasteiger partial charge on any atom is 0.390 e. The molecule has 2 rings (SSSR count). The number of aliphatic hydroxyl groups excluding tert-OH is 1. The summed E-state index contributed by atoms with van der Waals surface area (Å²) in [5.74, 6) is -0.219. The van der Waals surface area contributed by atoms with E-state index in [0.29, 0.717) is 25.9 Å². The number of carbonyl (C=O) groups is 1. The van der Waals surface area contributed by atoms with Crippen molar-refractivity contribution in [2.45, 2.75) is 38.0 Å². The highest BCUT2D eigenvalue weighted by Crippen LogP contribution is 2.37. The Hall–Kier alpha value is -0.820. The van der Waals surface area contributed by atoms with E-state index in [4.69, 9.17) is 0 Å². The summed E-state index contributed by atoms with van der Waals surface area (Å²) in [5, 5.41) is 12.8. The zero-order valence-electron chi connectivity index (χ0n) is 10.7. The lowest BCUT2D eigenvalue weighted by Crippen LogP contribution is -2.61.